The van der Waals surface area contributed by atoms with E-state index in [9.17, 15) is 4.79 Å². The largest absolute Gasteiger partial charge is 0.300 e. The van der Waals surface area contributed by atoms with Crippen LogP contribution in [0.1, 0.15) is 30.6 Å². The van der Waals surface area contributed by atoms with Crippen LogP contribution in [0.5, 0.6) is 0 Å². The zero-order valence-corrected chi connectivity index (χ0v) is 13.1. The topological polar surface area (TPSA) is 23.6 Å². The fraction of sp³-hybridized carbons (Fsp3) is 0.562. The van der Waals surface area contributed by atoms with Gasteiger partial charge >= 0.3 is 0 Å². The minimum absolute atomic E-state index is 0.182. The Bertz CT molecular complexity index is 442. The molecule has 2 rings (SSSR count). The first-order chi connectivity index (χ1) is 9.63. The number of hydrogen-bond donors (Lipinski definition) is 0. The van der Waals surface area contributed by atoms with Crippen molar-refractivity contribution in [1.29, 1.82) is 0 Å². The average Bonchev–Trinajstić information content (AvgIpc) is 2.89. The van der Waals surface area contributed by atoms with E-state index in [4.69, 9.17) is 11.6 Å². The molecule has 1 atom stereocenters. The number of likely N-dealkylation sites (N-methyl/N-ethyl adjacent to an activating group) is 1. The highest BCUT2D eigenvalue weighted by Gasteiger charge is 2.27. The molecule has 0 bridgehead atoms. The predicted molar refractivity (Wildman–Crippen MR) is 83.5 cm³/mol. The van der Waals surface area contributed by atoms with E-state index >= 15 is 0 Å². The molecule has 110 valence electrons. The highest BCUT2D eigenvalue weighted by Crippen LogP contribution is 2.16. The maximum atomic E-state index is 12.2. The summed E-state index contributed by atoms with van der Waals surface area (Å²) in [5.74, 6) is 0.182. The Morgan fingerprint density at radius 1 is 1.30 bits per heavy atom. The zero-order valence-electron chi connectivity index (χ0n) is 12.3. The van der Waals surface area contributed by atoms with Crippen molar-refractivity contribution in [2.45, 2.75) is 26.3 Å². The summed E-state index contributed by atoms with van der Waals surface area (Å²) in [5.41, 5.74) is 0.751. The number of halogens is 1. The van der Waals surface area contributed by atoms with Crippen LogP contribution in [-0.2, 0) is 0 Å². The molecular formula is C16H23ClN2O. The first-order valence-corrected chi connectivity index (χ1v) is 7.77. The summed E-state index contributed by atoms with van der Waals surface area (Å²) < 4.78 is 0. The van der Waals surface area contributed by atoms with Gasteiger partial charge in [0.25, 0.3) is 0 Å². The molecule has 4 heteroatoms. The van der Waals surface area contributed by atoms with E-state index in [-0.39, 0.29) is 5.78 Å². The smallest absolute Gasteiger partial charge is 0.176 e. The van der Waals surface area contributed by atoms with Gasteiger partial charge in [0.05, 0.1) is 6.54 Å². The minimum Gasteiger partial charge on any atom is -0.300 e. The van der Waals surface area contributed by atoms with Crippen molar-refractivity contribution in [2.75, 3.05) is 32.7 Å². The van der Waals surface area contributed by atoms with Crippen molar-refractivity contribution in [1.82, 2.24) is 9.80 Å². The molecule has 1 unspecified atom stereocenters. The Balaban J connectivity index is 1.88. The highest BCUT2D eigenvalue weighted by atomic mass is 35.5. The minimum atomic E-state index is 0.182. The maximum Gasteiger partial charge on any atom is 0.176 e. The standard InChI is InChI=1S/C16H23ClN2O/c1-3-19(4-2)15-9-10-18(11-15)12-16(20)13-5-7-14(17)8-6-13/h5-8,15H,3-4,9-12H2,1-2H3. The van der Waals surface area contributed by atoms with E-state index < -0.39 is 0 Å². The summed E-state index contributed by atoms with van der Waals surface area (Å²) >= 11 is 5.85. The number of likely N-dealkylation sites (tertiary alicyclic amines) is 1. The van der Waals surface area contributed by atoms with Crippen LogP contribution in [0, 0.1) is 0 Å². The van der Waals surface area contributed by atoms with Gasteiger partial charge in [0.1, 0.15) is 0 Å². The summed E-state index contributed by atoms with van der Waals surface area (Å²) in [6.45, 7) is 9.09. The number of benzene rings is 1. The highest BCUT2D eigenvalue weighted by molar-refractivity contribution is 6.30. The lowest BCUT2D eigenvalue weighted by molar-refractivity contribution is 0.0939. The van der Waals surface area contributed by atoms with E-state index in [1.807, 2.05) is 12.1 Å². The van der Waals surface area contributed by atoms with Gasteiger partial charge in [-0.3, -0.25) is 14.6 Å². The second-order valence-electron chi connectivity index (χ2n) is 5.33. The van der Waals surface area contributed by atoms with Crippen LogP contribution >= 0.6 is 11.6 Å². The fourth-order valence-electron chi connectivity index (χ4n) is 2.92. The number of nitrogens with zero attached hydrogens (tertiary/aromatic N) is 2. The van der Waals surface area contributed by atoms with Gasteiger partial charge in [-0.25, -0.2) is 0 Å². The normalized spacial score (nSPS) is 19.7. The van der Waals surface area contributed by atoms with Gasteiger partial charge in [0, 0.05) is 29.7 Å². The fourth-order valence-corrected chi connectivity index (χ4v) is 3.05. The van der Waals surface area contributed by atoms with Crippen molar-refractivity contribution >= 4 is 17.4 Å². The molecule has 0 amide bonds. The number of ketones is 1. The molecule has 0 aliphatic carbocycles. The van der Waals surface area contributed by atoms with Crippen molar-refractivity contribution < 1.29 is 4.79 Å². The third kappa shape index (κ3) is 3.81. The molecule has 1 aromatic carbocycles. The molecule has 0 aromatic heterocycles. The number of carbonyl (C=O) groups is 1. The first-order valence-electron chi connectivity index (χ1n) is 7.39. The molecule has 20 heavy (non-hydrogen) atoms. The number of carbonyl (C=O) groups excluding carboxylic acids is 1. The Morgan fingerprint density at radius 2 is 1.95 bits per heavy atom. The van der Waals surface area contributed by atoms with E-state index in [0.29, 0.717) is 17.6 Å². The van der Waals surface area contributed by atoms with Crippen molar-refractivity contribution in [3.8, 4) is 0 Å². The Hall–Kier alpha value is -0.900. The molecule has 1 heterocycles. The summed E-state index contributed by atoms with van der Waals surface area (Å²) in [4.78, 5) is 17.0. The predicted octanol–water partition coefficient (Wildman–Crippen LogP) is 2.94. The van der Waals surface area contributed by atoms with Gasteiger partial charge in [-0.05, 0) is 43.8 Å². The molecular weight excluding hydrogens is 272 g/mol. The molecule has 0 N–H and O–H groups in total. The first kappa shape index (κ1) is 15.5. The van der Waals surface area contributed by atoms with Crippen molar-refractivity contribution in [3.05, 3.63) is 34.9 Å². The van der Waals surface area contributed by atoms with Gasteiger partial charge in [0.15, 0.2) is 5.78 Å². The zero-order chi connectivity index (χ0) is 14.5. The molecule has 0 saturated carbocycles. The number of rotatable bonds is 6. The molecule has 1 aliphatic heterocycles. The van der Waals surface area contributed by atoms with Gasteiger partial charge in [-0.15, -0.1) is 0 Å². The number of hydrogen-bond acceptors (Lipinski definition) is 3. The Labute approximate surface area is 126 Å². The van der Waals surface area contributed by atoms with Crippen LogP contribution in [0.15, 0.2) is 24.3 Å². The summed E-state index contributed by atoms with van der Waals surface area (Å²) in [7, 11) is 0. The summed E-state index contributed by atoms with van der Waals surface area (Å²) in [6.07, 6.45) is 1.16. The maximum absolute atomic E-state index is 12.2. The molecule has 1 aliphatic rings. The molecule has 1 aromatic rings. The molecule has 3 nitrogen and oxygen atoms in total. The van der Waals surface area contributed by atoms with E-state index in [2.05, 4.69) is 23.6 Å². The van der Waals surface area contributed by atoms with Gasteiger partial charge < -0.3 is 0 Å². The van der Waals surface area contributed by atoms with Crippen molar-refractivity contribution in [2.24, 2.45) is 0 Å². The van der Waals surface area contributed by atoms with Crippen molar-refractivity contribution in [3.63, 3.8) is 0 Å². The van der Waals surface area contributed by atoms with E-state index in [1.165, 1.54) is 0 Å². The molecule has 0 spiro atoms. The van der Waals surface area contributed by atoms with Crippen LogP contribution in [-0.4, -0.2) is 54.3 Å². The van der Waals surface area contributed by atoms with Gasteiger partial charge in [-0.1, -0.05) is 25.4 Å². The SMILES string of the molecule is CCN(CC)C1CCN(CC(=O)c2ccc(Cl)cc2)C1. The third-order valence-electron chi connectivity index (χ3n) is 4.11. The molecule has 1 saturated heterocycles. The second kappa shape index (κ2) is 7.21. The molecule has 0 radical (unpaired) electrons. The lowest BCUT2D eigenvalue weighted by atomic mass is 10.1. The Kier molecular flexibility index (Phi) is 5.58. The van der Waals surface area contributed by atoms with E-state index in [1.54, 1.807) is 12.1 Å². The monoisotopic (exact) mass is 294 g/mol. The summed E-state index contributed by atoms with van der Waals surface area (Å²) in [5, 5.41) is 0.671. The average molecular weight is 295 g/mol. The molecule has 1 fully saturated rings. The lowest BCUT2D eigenvalue weighted by Gasteiger charge is -2.26. The van der Waals surface area contributed by atoms with Crippen LogP contribution < -0.4 is 0 Å². The number of Topliss-reactive ketones (excluding diaryl/α,β-unsaturated/α-hetero) is 1. The second-order valence-corrected chi connectivity index (χ2v) is 5.77. The van der Waals surface area contributed by atoms with Crippen LogP contribution in [0.3, 0.4) is 0 Å². The van der Waals surface area contributed by atoms with Crippen LogP contribution in [0.4, 0.5) is 0 Å². The van der Waals surface area contributed by atoms with Gasteiger partial charge in [0.2, 0.25) is 0 Å². The van der Waals surface area contributed by atoms with Crippen LogP contribution in [0.25, 0.3) is 0 Å². The Morgan fingerprint density at radius 3 is 2.55 bits per heavy atom. The quantitative estimate of drug-likeness (QED) is 0.754. The third-order valence-corrected chi connectivity index (χ3v) is 4.36. The van der Waals surface area contributed by atoms with Gasteiger partial charge in [-0.2, -0.15) is 0 Å². The summed E-state index contributed by atoms with van der Waals surface area (Å²) in [6, 6.07) is 7.77. The lowest BCUT2D eigenvalue weighted by Crippen LogP contribution is -2.38. The van der Waals surface area contributed by atoms with E-state index in [0.717, 1.165) is 38.2 Å². The van der Waals surface area contributed by atoms with Crippen LogP contribution in [0.2, 0.25) is 5.02 Å².